The Morgan fingerprint density at radius 2 is 2.00 bits per heavy atom. The molecule has 0 unspecified atom stereocenters. The smallest absolute Gasteiger partial charge is 0.172 e. The standard InChI is InChI=1S/C9H8O3S/c1-12-7-2-5-3-9(11)13-8(5)4-6(7)10/h2-4,10-11H,1H3. The van der Waals surface area contributed by atoms with Gasteiger partial charge in [-0.1, -0.05) is 11.3 Å². The van der Waals surface area contributed by atoms with Gasteiger partial charge in [-0.25, -0.2) is 0 Å². The molecule has 1 aromatic heterocycles. The third-order valence-electron chi connectivity index (χ3n) is 1.80. The molecule has 1 aromatic carbocycles. The molecule has 0 aliphatic carbocycles. The van der Waals surface area contributed by atoms with Crippen molar-refractivity contribution < 1.29 is 14.9 Å². The summed E-state index contributed by atoms with van der Waals surface area (Å²) in [7, 11) is 1.49. The zero-order chi connectivity index (χ0) is 9.42. The summed E-state index contributed by atoms with van der Waals surface area (Å²) in [5.74, 6) is 0.516. The molecule has 2 N–H and O–H groups in total. The maximum atomic E-state index is 9.42. The normalized spacial score (nSPS) is 10.5. The van der Waals surface area contributed by atoms with Crippen LogP contribution in [-0.4, -0.2) is 17.3 Å². The van der Waals surface area contributed by atoms with E-state index >= 15 is 0 Å². The molecule has 68 valence electrons. The van der Waals surface area contributed by atoms with E-state index in [2.05, 4.69) is 0 Å². The predicted octanol–water partition coefficient (Wildman–Crippen LogP) is 2.32. The first-order chi connectivity index (χ1) is 6.20. The van der Waals surface area contributed by atoms with E-state index in [4.69, 9.17) is 4.74 Å². The molecule has 0 saturated carbocycles. The Morgan fingerprint density at radius 1 is 1.23 bits per heavy atom. The van der Waals surface area contributed by atoms with E-state index in [1.54, 1.807) is 18.2 Å². The molecule has 3 nitrogen and oxygen atoms in total. The fourth-order valence-corrected chi connectivity index (χ4v) is 2.02. The Bertz CT molecular complexity index is 447. The maximum Gasteiger partial charge on any atom is 0.172 e. The van der Waals surface area contributed by atoms with Gasteiger partial charge in [-0.05, 0) is 12.1 Å². The highest BCUT2D eigenvalue weighted by atomic mass is 32.1. The van der Waals surface area contributed by atoms with Crippen LogP contribution in [0.25, 0.3) is 10.1 Å². The van der Waals surface area contributed by atoms with Crippen LogP contribution < -0.4 is 4.74 Å². The molecule has 2 rings (SSSR count). The number of rotatable bonds is 1. The lowest BCUT2D eigenvalue weighted by Crippen LogP contribution is -1.81. The van der Waals surface area contributed by atoms with E-state index in [-0.39, 0.29) is 10.8 Å². The number of benzene rings is 1. The third kappa shape index (κ3) is 1.29. The predicted molar refractivity (Wildman–Crippen MR) is 51.7 cm³/mol. The van der Waals surface area contributed by atoms with Crippen molar-refractivity contribution in [2.75, 3.05) is 7.11 Å². The molecule has 0 atom stereocenters. The van der Waals surface area contributed by atoms with Gasteiger partial charge in [0.05, 0.1) is 7.11 Å². The minimum absolute atomic E-state index is 0.0943. The molecule has 1 heterocycles. The Hall–Kier alpha value is -1.42. The van der Waals surface area contributed by atoms with E-state index in [9.17, 15) is 10.2 Å². The molecule has 0 amide bonds. The number of ether oxygens (including phenoxy) is 1. The first-order valence-electron chi connectivity index (χ1n) is 3.70. The van der Waals surface area contributed by atoms with Crippen LogP contribution >= 0.6 is 11.3 Å². The third-order valence-corrected chi connectivity index (χ3v) is 2.71. The average molecular weight is 196 g/mol. The molecule has 0 aliphatic rings. The monoisotopic (exact) mass is 196 g/mol. The van der Waals surface area contributed by atoms with Gasteiger partial charge >= 0.3 is 0 Å². The van der Waals surface area contributed by atoms with Crippen molar-refractivity contribution >= 4 is 21.4 Å². The fraction of sp³-hybridized carbons (Fsp3) is 0.111. The van der Waals surface area contributed by atoms with Crippen LogP contribution in [0, 0.1) is 0 Å². The first kappa shape index (κ1) is 8.19. The minimum Gasteiger partial charge on any atom is -0.504 e. The molecule has 4 heteroatoms. The highest BCUT2D eigenvalue weighted by molar-refractivity contribution is 7.20. The number of hydrogen-bond donors (Lipinski definition) is 2. The maximum absolute atomic E-state index is 9.42. The van der Waals surface area contributed by atoms with E-state index in [0.29, 0.717) is 5.75 Å². The number of fused-ring (bicyclic) bond motifs is 1. The summed E-state index contributed by atoms with van der Waals surface area (Å²) in [6, 6.07) is 4.92. The van der Waals surface area contributed by atoms with Crippen LogP contribution in [0.3, 0.4) is 0 Å². The summed E-state index contributed by atoms with van der Waals surface area (Å²) in [5, 5.41) is 19.7. The van der Waals surface area contributed by atoms with Gasteiger partial charge in [-0.3, -0.25) is 0 Å². The molecule has 2 aromatic rings. The number of hydrogen-bond acceptors (Lipinski definition) is 4. The van der Waals surface area contributed by atoms with E-state index in [0.717, 1.165) is 10.1 Å². The zero-order valence-electron chi connectivity index (χ0n) is 6.94. The van der Waals surface area contributed by atoms with Crippen molar-refractivity contribution in [2.24, 2.45) is 0 Å². The summed E-state index contributed by atoms with van der Waals surface area (Å²) >= 11 is 1.23. The number of methoxy groups -OCH3 is 1. The lowest BCUT2D eigenvalue weighted by molar-refractivity contribution is 0.374. The van der Waals surface area contributed by atoms with Crippen LogP contribution in [-0.2, 0) is 0 Å². The second-order valence-corrected chi connectivity index (χ2v) is 3.71. The van der Waals surface area contributed by atoms with Crippen molar-refractivity contribution in [3.63, 3.8) is 0 Å². The Kier molecular flexibility index (Phi) is 1.77. The van der Waals surface area contributed by atoms with Crippen LogP contribution in [0.5, 0.6) is 16.6 Å². The van der Waals surface area contributed by atoms with Crippen LogP contribution in [0.1, 0.15) is 0 Å². The Morgan fingerprint density at radius 3 is 2.69 bits per heavy atom. The summed E-state index contributed by atoms with van der Waals surface area (Å²) in [5.41, 5.74) is 0. The van der Waals surface area contributed by atoms with Crippen molar-refractivity contribution in [3.05, 3.63) is 18.2 Å². The van der Waals surface area contributed by atoms with Gasteiger partial charge in [0.1, 0.15) is 0 Å². The Balaban J connectivity index is 2.72. The fourth-order valence-electron chi connectivity index (χ4n) is 1.20. The van der Waals surface area contributed by atoms with Gasteiger partial charge in [0.2, 0.25) is 0 Å². The number of phenols is 1. The minimum atomic E-state index is 0.0943. The highest BCUT2D eigenvalue weighted by Gasteiger charge is 2.06. The topological polar surface area (TPSA) is 49.7 Å². The molecule has 0 aliphatic heterocycles. The van der Waals surface area contributed by atoms with Crippen LogP contribution in [0.4, 0.5) is 0 Å². The van der Waals surface area contributed by atoms with Gasteiger partial charge in [-0.2, -0.15) is 0 Å². The summed E-state index contributed by atoms with van der Waals surface area (Å²) in [4.78, 5) is 0. The lowest BCUT2D eigenvalue weighted by Gasteiger charge is -2.01. The lowest BCUT2D eigenvalue weighted by atomic mass is 10.2. The van der Waals surface area contributed by atoms with Crippen LogP contribution in [0.2, 0.25) is 0 Å². The number of thiophene rings is 1. The van der Waals surface area contributed by atoms with Gasteiger partial charge in [0.15, 0.2) is 16.6 Å². The molecular formula is C9H8O3S. The Labute approximate surface area is 78.8 Å². The van der Waals surface area contributed by atoms with Gasteiger partial charge in [0.25, 0.3) is 0 Å². The summed E-state index contributed by atoms with van der Waals surface area (Å²) < 4.78 is 5.78. The molecular weight excluding hydrogens is 188 g/mol. The van der Waals surface area contributed by atoms with Crippen molar-refractivity contribution in [1.82, 2.24) is 0 Å². The van der Waals surface area contributed by atoms with E-state index in [1.807, 2.05) is 0 Å². The SMILES string of the molecule is COc1cc2cc(O)sc2cc1O. The second kappa shape index (κ2) is 2.81. The van der Waals surface area contributed by atoms with Crippen molar-refractivity contribution in [1.29, 1.82) is 0 Å². The van der Waals surface area contributed by atoms with Crippen LogP contribution in [0.15, 0.2) is 18.2 Å². The molecule has 0 fully saturated rings. The molecule has 0 bridgehead atoms. The van der Waals surface area contributed by atoms with Crippen molar-refractivity contribution in [2.45, 2.75) is 0 Å². The molecule has 0 saturated heterocycles. The number of phenolic OH excluding ortho intramolecular Hbond substituents is 1. The van der Waals surface area contributed by atoms with E-state index < -0.39 is 0 Å². The summed E-state index contributed by atoms with van der Waals surface area (Å²) in [6.07, 6.45) is 0. The average Bonchev–Trinajstić information content (AvgIpc) is 2.42. The second-order valence-electron chi connectivity index (χ2n) is 2.65. The first-order valence-corrected chi connectivity index (χ1v) is 4.52. The van der Waals surface area contributed by atoms with E-state index in [1.165, 1.54) is 18.4 Å². The number of aromatic hydroxyl groups is 2. The van der Waals surface area contributed by atoms with Gasteiger partial charge in [0, 0.05) is 16.2 Å². The van der Waals surface area contributed by atoms with Gasteiger partial charge < -0.3 is 14.9 Å². The highest BCUT2D eigenvalue weighted by Crippen LogP contribution is 2.37. The largest absolute Gasteiger partial charge is 0.504 e. The quantitative estimate of drug-likeness (QED) is 0.735. The zero-order valence-corrected chi connectivity index (χ0v) is 7.76. The van der Waals surface area contributed by atoms with Crippen molar-refractivity contribution in [3.8, 4) is 16.6 Å². The molecule has 0 radical (unpaired) electrons. The molecule has 0 spiro atoms. The van der Waals surface area contributed by atoms with Gasteiger partial charge in [-0.15, -0.1) is 0 Å². The summed E-state index contributed by atoms with van der Waals surface area (Å²) in [6.45, 7) is 0. The molecule has 13 heavy (non-hydrogen) atoms.